The zero-order valence-electron chi connectivity index (χ0n) is 9.76. The maximum Gasteiger partial charge on any atom is 0.252 e. The van der Waals surface area contributed by atoms with Crippen molar-refractivity contribution in [3.8, 4) is 0 Å². The molecule has 0 aliphatic rings. The van der Waals surface area contributed by atoms with Crippen LogP contribution in [0, 0.1) is 9.39 Å². The van der Waals surface area contributed by atoms with Crippen LogP contribution in [0.15, 0.2) is 18.2 Å². The van der Waals surface area contributed by atoms with Crippen LogP contribution < -0.4 is 5.32 Å². The summed E-state index contributed by atoms with van der Waals surface area (Å²) in [4.78, 5) is 11.8. The molecule has 5 heteroatoms. The van der Waals surface area contributed by atoms with Crippen LogP contribution in [-0.2, 0) is 0 Å². The summed E-state index contributed by atoms with van der Waals surface area (Å²) in [5.74, 6) is -0.672. The lowest BCUT2D eigenvalue weighted by Crippen LogP contribution is -2.40. The fraction of sp³-hybridized carbons (Fsp3) is 0.417. The molecule has 1 unspecified atom stereocenters. The summed E-state index contributed by atoms with van der Waals surface area (Å²) >= 11 is 1.91. The van der Waals surface area contributed by atoms with E-state index in [0.29, 0.717) is 15.6 Å². The quantitative estimate of drug-likeness (QED) is 0.818. The van der Waals surface area contributed by atoms with Gasteiger partial charge in [0.05, 0.1) is 11.2 Å². The highest BCUT2D eigenvalue weighted by molar-refractivity contribution is 14.1. The molecule has 1 atom stereocenters. The molecule has 1 rings (SSSR count). The minimum atomic E-state index is -0.916. The number of rotatable bonds is 4. The van der Waals surface area contributed by atoms with Crippen LogP contribution in [0.3, 0.4) is 0 Å². The summed E-state index contributed by atoms with van der Waals surface area (Å²) in [6.07, 6.45) is 0.549. The summed E-state index contributed by atoms with van der Waals surface area (Å²) in [5.41, 5.74) is -0.500. The summed E-state index contributed by atoms with van der Waals surface area (Å²) in [6.45, 7) is 3.67. The molecule has 1 amide bonds. The SMILES string of the molecule is CCC(C)(O)CNC(=O)c1ccc(F)cc1I. The normalized spacial score (nSPS) is 14.2. The molecule has 0 spiro atoms. The Morgan fingerprint density at radius 3 is 2.76 bits per heavy atom. The first-order valence-electron chi connectivity index (χ1n) is 5.31. The molecule has 0 heterocycles. The summed E-state index contributed by atoms with van der Waals surface area (Å²) in [5, 5.41) is 12.4. The Hall–Kier alpha value is -0.690. The van der Waals surface area contributed by atoms with E-state index in [9.17, 15) is 14.3 Å². The number of aliphatic hydroxyl groups is 1. The van der Waals surface area contributed by atoms with E-state index >= 15 is 0 Å². The van der Waals surface area contributed by atoms with E-state index in [4.69, 9.17) is 0 Å². The van der Waals surface area contributed by atoms with Crippen LogP contribution in [0.1, 0.15) is 30.6 Å². The molecule has 3 nitrogen and oxygen atoms in total. The number of hydrogen-bond donors (Lipinski definition) is 2. The van der Waals surface area contributed by atoms with Crippen molar-refractivity contribution in [2.45, 2.75) is 25.9 Å². The third-order valence-electron chi connectivity index (χ3n) is 2.57. The average molecular weight is 351 g/mol. The van der Waals surface area contributed by atoms with E-state index in [1.54, 1.807) is 6.92 Å². The number of amides is 1. The van der Waals surface area contributed by atoms with Gasteiger partial charge in [-0.25, -0.2) is 4.39 Å². The first-order chi connectivity index (χ1) is 7.85. The van der Waals surface area contributed by atoms with E-state index < -0.39 is 5.60 Å². The predicted octanol–water partition coefficient (Wildman–Crippen LogP) is 2.32. The minimum Gasteiger partial charge on any atom is -0.388 e. The maximum absolute atomic E-state index is 12.9. The fourth-order valence-electron chi connectivity index (χ4n) is 1.16. The molecule has 0 bridgehead atoms. The molecule has 1 aromatic carbocycles. The zero-order chi connectivity index (χ0) is 13.1. The lowest BCUT2D eigenvalue weighted by Gasteiger charge is -2.21. The van der Waals surface area contributed by atoms with Gasteiger partial charge < -0.3 is 10.4 Å². The molecule has 0 fully saturated rings. The molecule has 0 aromatic heterocycles. The molecule has 0 aliphatic carbocycles. The van der Waals surface area contributed by atoms with E-state index in [0.717, 1.165) is 0 Å². The predicted molar refractivity (Wildman–Crippen MR) is 72.4 cm³/mol. The molecule has 0 aliphatic heterocycles. The van der Waals surface area contributed by atoms with Gasteiger partial charge in [0.2, 0.25) is 0 Å². The van der Waals surface area contributed by atoms with Crippen LogP contribution >= 0.6 is 22.6 Å². The summed E-state index contributed by atoms with van der Waals surface area (Å²) < 4.78 is 13.4. The zero-order valence-corrected chi connectivity index (χ0v) is 11.9. The molecule has 0 saturated heterocycles. The Bertz CT molecular complexity index is 421. The highest BCUT2D eigenvalue weighted by Gasteiger charge is 2.19. The third-order valence-corrected chi connectivity index (χ3v) is 3.46. The van der Waals surface area contributed by atoms with E-state index in [-0.39, 0.29) is 18.3 Å². The van der Waals surface area contributed by atoms with Crippen LogP contribution in [0.5, 0.6) is 0 Å². The van der Waals surface area contributed by atoms with Gasteiger partial charge >= 0.3 is 0 Å². The average Bonchev–Trinajstić information content (AvgIpc) is 2.26. The molecule has 2 N–H and O–H groups in total. The first-order valence-corrected chi connectivity index (χ1v) is 6.39. The van der Waals surface area contributed by atoms with Crippen LogP contribution in [0.4, 0.5) is 4.39 Å². The largest absolute Gasteiger partial charge is 0.388 e. The van der Waals surface area contributed by atoms with Gasteiger partial charge in [0.15, 0.2) is 0 Å². The number of carbonyl (C=O) groups is 1. The summed E-state index contributed by atoms with van der Waals surface area (Å²) in [7, 11) is 0. The van der Waals surface area contributed by atoms with Crippen LogP contribution in [-0.4, -0.2) is 23.2 Å². The third kappa shape index (κ3) is 4.23. The maximum atomic E-state index is 12.9. The molecule has 0 radical (unpaired) electrons. The topological polar surface area (TPSA) is 49.3 Å². The minimum absolute atomic E-state index is 0.176. The Balaban J connectivity index is 2.71. The Morgan fingerprint density at radius 2 is 2.24 bits per heavy atom. The molecule has 0 saturated carbocycles. The van der Waals surface area contributed by atoms with Gasteiger partial charge in [0, 0.05) is 10.1 Å². The Morgan fingerprint density at radius 1 is 1.59 bits per heavy atom. The van der Waals surface area contributed by atoms with Crippen molar-refractivity contribution >= 4 is 28.5 Å². The highest BCUT2D eigenvalue weighted by atomic mass is 127. The lowest BCUT2D eigenvalue weighted by molar-refractivity contribution is 0.0518. The second-order valence-corrected chi connectivity index (χ2v) is 5.32. The van der Waals surface area contributed by atoms with Crippen molar-refractivity contribution in [1.29, 1.82) is 0 Å². The number of halogens is 2. The Labute approximate surface area is 114 Å². The van der Waals surface area contributed by atoms with Gasteiger partial charge in [-0.1, -0.05) is 6.92 Å². The molecular weight excluding hydrogens is 336 g/mol. The highest BCUT2D eigenvalue weighted by Crippen LogP contribution is 2.14. The monoisotopic (exact) mass is 351 g/mol. The van der Waals surface area contributed by atoms with Crippen molar-refractivity contribution in [1.82, 2.24) is 5.32 Å². The van der Waals surface area contributed by atoms with Gasteiger partial charge in [0.1, 0.15) is 5.82 Å². The van der Waals surface area contributed by atoms with Crippen LogP contribution in [0.25, 0.3) is 0 Å². The van der Waals surface area contributed by atoms with Crippen molar-refractivity contribution in [3.63, 3.8) is 0 Å². The van der Waals surface area contributed by atoms with Gasteiger partial charge in [-0.2, -0.15) is 0 Å². The number of nitrogens with one attached hydrogen (secondary N) is 1. The lowest BCUT2D eigenvalue weighted by atomic mass is 10.0. The van der Waals surface area contributed by atoms with E-state index in [1.165, 1.54) is 18.2 Å². The number of benzene rings is 1. The van der Waals surface area contributed by atoms with Gasteiger partial charge in [0.25, 0.3) is 5.91 Å². The van der Waals surface area contributed by atoms with Gasteiger partial charge in [-0.15, -0.1) is 0 Å². The Kier molecular flexibility index (Phi) is 4.88. The van der Waals surface area contributed by atoms with Crippen molar-refractivity contribution < 1.29 is 14.3 Å². The first kappa shape index (κ1) is 14.4. The van der Waals surface area contributed by atoms with Crippen molar-refractivity contribution in [2.75, 3.05) is 6.54 Å². The van der Waals surface area contributed by atoms with Gasteiger partial charge in [-0.3, -0.25) is 4.79 Å². The second kappa shape index (κ2) is 5.77. The van der Waals surface area contributed by atoms with E-state index in [1.807, 2.05) is 29.5 Å². The number of carbonyl (C=O) groups excluding carboxylic acids is 1. The standard InChI is InChI=1S/C12H15FINO2/c1-3-12(2,17)7-15-11(16)9-5-4-8(13)6-10(9)14/h4-6,17H,3,7H2,1-2H3,(H,15,16). The van der Waals surface area contributed by atoms with Gasteiger partial charge in [-0.05, 0) is 54.1 Å². The van der Waals surface area contributed by atoms with Crippen LogP contribution in [0.2, 0.25) is 0 Å². The van der Waals surface area contributed by atoms with Crippen molar-refractivity contribution in [2.24, 2.45) is 0 Å². The van der Waals surface area contributed by atoms with E-state index in [2.05, 4.69) is 5.32 Å². The smallest absolute Gasteiger partial charge is 0.252 e. The van der Waals surface area contributed by atoms with Crippen molar-refractivity contribution in [3.05, 3.63) is 33.1 Å². The summed E-state index contributed by atoms with van der Waals surface area (Å²) in [6, 6.07) is 3.98. The molecule has 94 valence electrons. The molecule has 17 heavy (non-hydrogen) atoms. The fourth-order valence-corrected chi connectivity index (χ4v) is 1.89. The molecule has 1 aromatic rings. The number of hydrogen-bond acceptors (Lipinski definition) is 2. The molecular formula is C12H15FINO2. The second-order valence-electron chi connectivity index (χ2n) is 4.16.